The van der Waals surface area contributed by atoms with Gasteiger partial charge in [0.1, 0.15) is 60.1 Å². The van der Waals surface area contributed by atoms with Crippen LogP contribution in [-0.4, -0.2) is 203 Å². The molecule has 1 saturated carbocycles. The summed E-state index contributed by atoms with van der Waals surface area (Å²) < 4.78 is 5.85. The van der Waals surface area contributed by atoms with E-state index in [9.17, 15) is 84.6 Å². The minimum absolute atomic E-state index is 0.00848. The Labute approximate surface area is 503 Å². The lowest BCUT2D eigenvalue weighted by Gasteiger charge is -2.35. The van der Waals surface area contributed by atoms with E-state index in [1.807, 2.05) is 48.5 Å². The Morgan fingerprint density at radius 3 is 1.76 bits per heavy atom. The molecule has 0 radical (unpaired) electrons. The van der Waals surface area contributed by atoms with Crippen molar-refractivity contribution < 1.29 is 89.4 Å². The molecule has 87 heavy (non-hydrogen) atoms. The number of fused-ring (bicyclic) bond motifs is 2. The molecule has 2 aliphatic heterocycles. The molecule has 2 heterocycles. The summed E-state index contributed by atoms with van der Waals surface area (Å²) in [5.41, 5.74) is 3.35. The van der Waals surface area contributed by atoms with Crippen LogP contribution >= 0.6 is 0 Å². The standard InChI is InChI=1S/C62H81N7O18/c1-5-6-7-24-87-43-22-18-37(19-23-43)35-10-8-34(9-11-35)36-12-14-39(15-13-36)57(81)64-46-27-47(76)56(63-40(29-70)30-71)68-61(85)51-52(77)31(2)28-69(51)62(86)49(33(4)73)66-60(84)50(55(80)53(78)38-16-20-41(74)21-17-38)67-58(82)45-26-42(75)25-44(45)54(79)48(32(3)72)65-59(46)83/h8-23,31-33,40,42,44-53,55-56,63,70-78,80H,5-7,24-30H2,1-4H3,(H,64,81)(H,65,83)(H,66,84)(H,67,82)(H,68,85)/t31-,32+,33+,42-,44?,45?,46-,47+,48?,49?,50?,51?,52-,53-,55-,56?/m0/s1. The van der Waals surface area contributed by atoms with Gasteiger partial charge in [-0.2, -0.15) is 0 Å². The summed E-state index contributed by atoms with van der Waals surface area (Å²) >= 11 is 0. The summed E-state index contributed by atoms with van der Waals surface area (Å²) in [6.07, 6.45) is -13.3. The van der Waals surface area contributed by atoms with Crippen molar-refractivity contribution >= 4 is 41.2 Å². The van der Waals surface area contributed by atoms with Crippen LogP contribution in [0.3, 0.4) is 0 Å². The Morgan fingerprint density at radius 1 is 0.655 bits per heavy atom. The van der Waals surface area contributed by atoms with Crippen LogP contribution in [0, 0.1) is 17.8 Å². The van der Waals surface area contributed by atoms with Crippen LogP contribution in [0.25, 0.3) is 22.3 Å². The number of phenolic OH excluding ortho intramolecular Hbond substituents is 1. The molecule has 1 aliphatic carbocycles. The van der Waals surface area contributed by atoms with Crippen molar-refractivity contribution in [2.75, 3.05) is 26.4 Å². The molecule has 4 aromatic carbocycles. The second-order valence-corrected chi connectivity index (χ2v) is 22.9. The fourth-order valence-electron chi connectivity index (χ4n) is 11.2. The maximum Gasteiger partial charge on any atom is 0.251 e. The van der Waals surface area contributed by atoms with Crippen LogP contribution in [0.2, 0.25) is 0 Å². The number of aliphatic hydroxyl groups is 9. The van der Waals surface area contributed by atoms with Gasteiger partial charge in [-0.1, -0.05) is 87.4 Å². The Kier molecular flexibility index (Phi) is 23.5. The molecule has 0 bridgehead atoms. The zero-order chi connectivity index (χ0) is 63.4. The fraction of sp³-hybridized carbons (Fsp3) is 0.500. The number of ketones is 1. The number of phenols is 1. The van der Waals surface area contributed by atoms with E-state index in [-0.39, 0.29) is 23.4 Å². The largest absolute Gasteiger partial charge is 0.508 e. The number of ether oxygens (including phenoxy) is 1. The highest BCUT2D eigenvalue weighted by Crippen LogP contribution is 2.36. The van der Waals surface area contributed by atoms with Gasteiger partial charge in [0.05, 0.1) is 62.3 Å². The molecule has 2 saturated heterocycles. The monoisotopic (exact) mass is 1210 g/mol. The molecular formula is C62H81N7O18. The molecule has 0 aromatic heterocycles. The summed E-state index contributed by atoms with van der Waals surface area (Å²) in [6.45, 7) is 4.49. The van der Waals surface area contributed by atoms with E-state index in [0.717, 1.165) is 72.6 Å². The lowest BCUT2D eigenvalue weighted by Crippen LogP contribution is -2.65. The van der Waals surface area contributed by atoms with Crippen LogP contribution in [0.15, 0.2) is 97.1 Å². The van der Waals surface area contributed by atoms with Gasteiger partial charge in [-0.25, -0.2) is 0 Å². The first-order chi connectivity index (χ1) is 41.4. The number of nitrogens with one attached hydrogen (secondary N) is 6. The second-order valence-electron chi connectivity index (χ2n) is 22.9. The van der Waals surface area contributed by atoms with Crippen molar-refractivity contribution in [3.05, 3.63) is 108 Å². The lowest BCUT2D eigenvalue weighted by atomic mass is 9.85. The number of carbonyl (C=O) groups is 7. The topological polar surface area (TPSA) is 406 Å². The van der Waals surface area contributed by atoms with Crippen molar-refractivity contribution in [2.24, 2.45) is 17.8 Å². The number of benzene rings is 4. The van der Waals surface area contributed by atoms with E-state index < -0.39 is 177 Å². The van der Waals surface area contributed by atoms with Crippen LogP contribution in [0.4, 0.5) is 0 Å². The summed E-state index contributed by atoms with van der Waals surface area (Å²) in [5, 5.41) is 125. The number of hydrogen-bond acceptors (Lipinski definition) is 19. The average Bonchev–Trinajstić information content (AvgIpc) is 1.95. The third-order valence-corrected chi connectivity index (χ3v) is 16.3. The van der Waals surface area contributed by atoms with Crippen molar-refractivity contribution in [2.45, 2.75) is 151 Å². The summed E-state index contributed by atoms with van der Waals surface area (Å²) in [6, 6.07) is 15.2. The number of nitrogens with zero attached hydrogens (tertiary/aromatic N) is 1. The molecular weight excluding hydrogens is 1130 g/mol. The molecule has 25 nitrogen and oxygen atoms in total. The first-order valence-electron chi connectivity index (χ1n) is 29.3. The third-order valence-electron chi connectivity index (χ3n) is 16.3. The molecule has 7 rings (SSSR count). The number of amides is 6. The highest BCUT2D eigenvalue weighted by molar-refractivity contribution is 6.01. The summed E-state index contributed by atoms with van der Waals surface area (Å²) in [4.78, 5) is 103. The Hall–Kier alpha value is -7.43. The molecule has 0 spiro atoms. The second kappa shape index (κ2) is 30.5. The van der Waals surface area contributed by atoms with E-state index in [0.29, 0.717) is 12.2 Å². The minimum atomic E-state index is -2.29. The van der Waals surface area contributed by atoms with E-state index in [1.54, 1.807) is 12.1 Å². The molecule has 6 amide bonds. The highest BCUT2D eigenvalue weighted by atomic mass is 16.5. The zero-order valence-corrected chi connectivity index (χ0v) is 48.8. The average molecular weight is 1210 g/mol. The number of rotatable bonds is 18. The van der Waals surface area contributed by atoms with Crippen molar-refractivity contribution in [1.29, 1.82) is 0 Å². The molecule has 472 valence electrons. The van der Waals surface area contributed by atoms with Gasteiger partial charge in [-0.05, 0) is 97.3 Å². The van der Waals surface area contributed by atoms with Crippen molar-refractivity contribution in [3.8, 4) is 33.8 Å². The predicted molar refractivity (Wildman–Crippen MR) is 313 cm³/mol. The fourth-order valence-corrected chi connectivity index (χ4v) is 11.2. The first kappa shape index (κ1) is 67.1. The van der Waals surface area contributed by atoms with Gasteiger partial charge in [0.15, 0.2) is 5.78 Å². The third kappa shape index (κ3) is 16.6. The van der Waals surface area contributed by atoms with E-state index in [1.165, 1.54) is 31.2 Å². The first-order valence-corrected chi connectivity index (χ1v) is 29.3. The van der Waals surface area contributed by atoms with Crippen molar-refractivity contribution in [3.63, 3.8) is 0 Å². The Balaban J connectivity index is 1.23. The molecule has 16 N–H and O–H groups in total. The molecule has 25 heteroatoms. The smallest absolute Gasteiger partial charge is 0.251 e. The normalized spacial score (nSPS) is 27.5. The summed E-state index contributed by atoms with van der Waals surface area (Å²) in [7, 11) is 0. The lowest BCUT2D eigenvalue weighted by molar-refractivity contribution is -0.147. The molecule has 16 atom stereocenters. The Bertz CT molecular complexity index is 2980. The number of hydrogen-bond donors (Lipinski definition) is 16. The van der Waals surface area contributed by atoms with Crippen molar-refractivity contribution in [1.82, 2.24) is 36.8 Å². The summed E-state index contributed by atoms with van der Waals surface area (Å²) in [5.74, 6) is -11.5. The SMILES string of the molecule is CCCCCOc1ccc(-c2ccc(-c3ccc(C(=O)N[C@H]4C[C@@H](O)C(NC(CO)CO)NC(=O)C5[C@@H](O)[C@@H](C)CN5C(=O)C([C@@H](C)O)NC(=O)C([C@H](O)[C@@H](O)c5ccc(O)cc5)NC(=O)C5C[C@@H](O)CC5C(=O)C([C@@H](C)O)NC4=O)cc3)cc2)cc1. The quantitative estimate of drug-likeness (QED) is 0.0532. The van der Waals surface area contributed by atoms with Crippen LogP contribution in [0.1, 0.15) is 88.2 Å². The molecule has 7 unspecified atom stereocenters. The maximum atomic E-state index is 14.8. The van der Waals surface area contributed by atoms with Gasteiger partial charge in [-0.15, -0.1) is 0 Å². The van der Waals surface area contributed by atoms with Gasteiger partial charge < -0.3 is 87.3 Å². The van der Waals surface area contributed by atoms with Gasteiger partial charge in [0.25, 0.3) is 5.91 Å². The molecule has 3 aliphatic rings. The number of carbonyl (C=O) groups excluding carboxylic acids is 7. The number of aliphatic hydroxyl groups excluding tert-OH is 9. The van der Waals surface area contributed by atoms with E-state index in [4.69, 9.17) is 4.74 Å². The van der Waals surface area contributed by atoms with E-state index >= 15 is 0 Å². The molecule has 3 fully saturated rings. The van der Waals surface area contributed by atoms with Crippen LogP contribution < -0.4 is 36.6 Å². The van der Waals surface area contributed by atoms with Gasteiger partial charge in [0.2, 0.25) is 29.5 Å². The van der Waals surface area contributed by atoms with Gasteiger partial charge in [0, 0.05) is 30.4 Å². The number of aromatic hydroxyl groups is 1. The molecule has 4 aromatic rings. The van der Waals surface area contributed by atoms with Gasteiger partial charge >= 0.3 is 0 Å². The number of Topliss-reactive ketones (excluding diaryl/α,β-unsaturated/α-hetero) is 1. The Morgan fingerprint density at radius 2 is 1.20 bits per heavy atom. The van der Waals surface area contributed by atoms with E-state index in [2.05, 4.69) is 38.8 Å². The van der Waals surface area contributed by atoms with Gasteiger partial charge in [-0.3, -0.25) is 38.9 Å². The predicted octanol–water partition coefficient (Wildman–Crippen LogP) is -0.982. The van der Waals surface area contributed by atoms with Crippen LogP contribution in [-0.2, 0) is 28.8 Å². The zero-order valence-electron chi connectivity index (χ0n) is 48.8. The van der Waals surface area contributed by atoms with Crippen LogP contribution in [0.5, 0.6) is 11.5 Å². The number of unbranched alkanes of at least 4 members (excludes halogenated alkanes) is 2. The maximum absolute atomic E-state index is 14.8. The minimum Gasteiger partial charge on any atom is -0.508 e. The highest BCUT2D eigenvalue weighted by Gasteiger charge is 2.51.